The molecule has 0 bridgehead atoms. The Kier molecular flexibility index (Phi) is 6.55. The number of halogens is 9. The Bertz CT molecular complexity index is 1610. The average Bonchev–Trinajstić information content (AvgIpc) is 2.86. The van der Waals surface area contributed by atoms with E-state index in [-0.39, 0.29) is 17.3 Å². The van der Waals surface area contributed by atoms with Gasteiger partial charge >= 0.3 is 24.1 Å². The summed E-state index contributed by atoms with van der Waals surface area (Å²) in [5.41, 5.74) is -9.30. The van der Waals surface area contributed by atoms with Crippen molar-refractivity contribution < 1.29 is 53.7 Å². The standard InChI is InChI=1S/C28H19F9N2O3/c1-14-5-4-6-16(11-14)23-39-21-9-7-17(12-19(21)24(3,42-23)26(29,30)31)40-18-8-10-22-20(13-18)25(27(32,33)34,28(35,36)37)41-15(2)38-22/h4-13H,1-3H3. The molecule has 0 fully saturated rings. The zero-order valence-corrected chi connectivity index (χ0v) is 21.8. The van der Waals surface area contributed by atoms with Crippen molar-refractivity contribution in [1.29, 1.82) is 0 Å². The zero-order chi connectivity index (χ0) is 30.9. The number of hydrogen-bond acceptors (Lipinski definition) is 5. The third-order valence-corrected chi connectivity index (χ3v) is 6.77. The summed E-state index contributed by atoms with van der Waals surface area (Å²) < 4.78 is 142. The van der Waals surface area contributed by atoms with E-state index < -0.39 is 58.2 Å². The van der Waals surface area contributed by atoms with Crippen molar-refractivity contribution in [3.05, 3.63) is 82.9 Å². The molecule has 5 rings (SSSR count). The molecule has 1 unspecified atom stereocenters. The molecule has 0 amide bonds. The summed E-state index contributed by atoms with van der Waals surface area (Å²) in [6, 6.07) is 12.1. The molecule has 2 aliphatic rings. The molecule has 2 heterocycles. The first-order valence-electron chi connectivity index (χ1n) is 12.1. The van der Waals surface area contributed by atoms with Crippen molar-refractivity contribution in [3.8, 4) is 11.5 Å². The summed E-state index contributed by atoms with van der Waals surface area (Å²) in [6.07, 6.45) is -16.9. The minimum absolute atomic E-state index is 0.123. The summed E-state index contributed by atoms with van der Waals surface area (Å²) in [4.78, 5) is 7.85. The van der Waals surface area contributed by atoms with Crippen molar-refractivity contribution in [2.24, 2.45) is 9.98 Å². The summed E-state index contributed by atoms with van der Waals surface area (Å²) in [7, 11) is 0. The molecule has 222 valence electrons. The van der Waals surface area contributed by atoms with Crippen LogP contribution in [0.1, 0.15) is 36.1 Å². The molecule has 0 radical (unpaired) electrons. The highest BCUT2D eigenvalue weighted by molar-refractivity contribution is 5.97. The number of hydrogen-bond donors (Lipinski definition) is 0. The highest BCUT2D eigenvalue weighted by atomic mass is 19.4. The summed E-state index contributed by atoms with van der Waals surface area (Å²) >= 11 is 0. The van der Waals surface area contributed by atoms with E-state index in [0.29, 0.717) is 11.6 Å². The van der Waals surface area contributed by atoms with Crippen LogP contribution in [0, 0.1) is 6.92 Å². The van der Waals surface area contributed by atoms with Gasteiger partial charge in [-0.1, -0.05) is 17.7 Å². The van der Waals surface area contributed by atoms with Gasteiger partial charge in [-0.25, -0.2) is 9.98 Å². The number of rotatable bonds is 3. The molecule has 0 aromatic heterocycles. The monoisotopic (exact) mass is 602 g/mol. The van der Waals surface area contributed by atoms with Gasteiger partial charge in [0.15, 0.2) is 5.90 Å². The predicted molar refractivity (Wildman–Crippen MR) is 132 cm³/mol. The molecule has 0 spiro atoms. The molecule has 0 saturated heterocycles. The highest BCUT2D eigenvalue weighted by Crippen LogP contribution is 2.57. The number of benzene rings is 3. The second-order valence-corrected chi connectivity index (χ2v) is 9.79. The smallest absolute Gasteiger partial charge is 0.442 e. The highest BCUT2D eigenvalue weighted by Gasteiger charge is 2.76. The average molecular weight is 602 g/mol. The number of aryl methyl sites for hydroxylation is 1. The molecule has 1 atom stereocenters. The minimum Gasteiger partial charge on any atom is -0.457 e. The van der Waals surface area contributed by atoms with Gasteiger partial charge in [0.2, 0.25) is 11.5 Å². The van der Waals surface area contributed by atoms with Gasteiger partial charge in [-0.15, -0.1) is 0 Å². The van der Waals surface area contributed by atoms with Gasteiger partial charge in [0, 0.05) is 23.6 Å². The third kappa shape index (κ3) is 4.62. The van der Waals surface area contributed by atoms with E-state index in [4.69, 9.17) is 9.47 Å². The van der Waals surface area contributed by atoms with Crippen molar-refractivity contribution in [1.82, 2.24) is 0 Å². The summed E-state index contributed by atoms with van der Waals surface area (Å²) in [6.45, 7) is 3.36. The number of alkyl halides is 9. The molecular weight excluding hydrogens is 583 g/mol. The molecule has 3 aromatic carbocycles. The van der Waals surface area contributed by atoms with Crippen molar-refractivity contribution in [2.75, 3.05) is 0 Å². The van der Waals surface area contributed by atoms with Crippen LogP contribution < -0.4 is 4.74 Å². The molecule has 3 aromatic rings. The minimum atomic E-state index is -5.96. The lowest BCUT2D eigenvalue weighted by molar-refractivity contribution is -0.370. The lowest BCUT2D eigenvalue weighted by Crippen LogP contribution is -2.57. The first-order valence-corrected chi connectivity index (χ1v) is 12.1. The fraction of sp³-hybridized carbons (Fsp3) is 0.286. The zero-order valence-electron chi connectivity index (χ0n) is 21.8. The molecule has 0 saturated carbocycles. The molecule has 14 heteroatoms. The second-order valence-electron chi connectivity index (χ2n) is 9.79. The Morgan fingerprint density at radius 2 is 1.24 bits per heavy atom. The maximum absolute atomic E-state index is 14.4. The Labute approximate surface area is 232 Å². The fourth-order valence-electron chi connectivity index (χ4n) is 4.70. The first kappa shape index (κ1) is 29.3. The molecular formula is C28H19F9N2O3. The van der Waals surface area contributed by atoms with E-state index in [2.05, 4.69) is 14.7 Å². The van der Waals surface area contributed by atoms with Crippen LogP contribution in [-0.2, 0) is 20.7 Å². The van der Waals surface area contributed by atoms with Crippen LogP contribution in [0.5, 0.6) is 11.5 Å². The number of ether oxygens (including phenoxy) is 3. The van der Waals surface area contributed by atoms with Crippen LogP contribution in [0.4, 0.5) is 50.9 Å². The normalized spacial score (nSPS) is 19.9. The maximum Gasteiger partial charge on any atom is 0.442 e. The van der Waals surface area contributed by atoms with Gasteiger partial charge < -0.3 is 14.2 Å². The molecule has 0 N–H and O–H groups in total. The lowest BCUT2D eigenvalue weighted by atomic mass is 9.89. The van der Waals surface area contributed by atoms with Crippen molar-refractivity contribution >= 4 is 23.2 Å². The summed E-state index contributed by atoms with van der Waals surface area (Å²) in [5, 5.41) is 0. The second kappa shape index (κ2) is 9.39. The first-order chi connectivity index (χ1) is 19.4. The molecule has 2 aliphatic heterocycles. The van der Waals surface area contributed by atoms with Gasteiger partial charge in [-0.05, 0) is 62.4 Å². The van der Waals surface area contributed by atoms with E-state index in [1.54, 1.807) is 25.1 Å². The van der Waals surface area contributed by atoms with Gasteiger partial charge in [-0.3, -0.25) is 0 Å². The summed E-state index contributed by atoms with van der Waals surface area (Å²) in [5.74, 6) is -2.03. The largest absolute Gasteiger partial charge is 0.457 e. The number of aliphatic imine (C=N–C) groups is 2. The molecule has 0 aliphatic carbocycles. The SMILES string of the molecule is CC1=Nc2ccc(Oc3ccc4c(c3)C(C)(C(F)(F)F)OC(c3cccc(C)c3)=N4)cc2C(C(F)(F)F)(C(F)(F)F)O1. The van der Waals surface area contributed by atoms with Gasteiger partial charge in [-0.2, -0.15) is 39.5 Å². The Hall–Kier alpha value is -4.23. The van der Waals surface area contributed by atoms with E-state index >= 15 is 0 Å². The maximum atomic E-state index is 14.4. The van der Waals surface area contributed by atoms with E-state index in [1.807, 2.05) is 0 Å². The van der Waals surface area contributed by atoms with Crippen LogP contribution in [-0.4, -0.2) is 30.3 Å². The van der Waals surface area contributed by atoms with Gasteiger partial charge in [0.1, 0.15) is 11.5 Å². The number of fused-ring (bicyclic) bond motifs is 2. The van der Waals surface area contributed by atoms with Gasteiger partial charge in [0.05, 0.1) is 11.4 Å². The molecule has 42 heavy (non-hydrogen) atoms. The Morgan fingerprint density at radius 1 is 0.667 bits per heavy atom. The van der Waals surface area contributed by atoms with Crippen molar-refractivity contribution in [3.63, 3.8) is 0 Å². The van der Waals surface area contributed by atoms with E-state index in [9.17, 15) is 39.5 Å². The van der Waals surface area contributed by atoms with E-state index in [1.165, 1.54) is 18.2 Å². The number of nitrogens with zero attached hydrogens (tertiary/aromatic N) is 2. The van der Waals surface area contributed by atoms with Crippen LogP contribution in [0.2, 0.25) is 0 Å². The Morgan fingerprint density at radius 3 is 1.79 bits per heavy atom. The molecule has 5 nitrogen and oxygen atoms in total. The quantitative estimate of drug-likeness (QED) is 0.281. The lowest BCUT2D eigenvalue weighted by Gasteiger charge is -2.40. The van der Waals surface area contributed by atoms with Crippen LogP contribution in [0.25, 0.3) is 0 Å². The van der Waals surface area contributed by atoms with Crippen LogP contribution in [0.3, 0.4) is 0 Å². The Balaban J connectivity index is 1.59. The van der Waals surface area contributed by atoms with E-state index in [0.717, 1.165) is 37.6 Å². The predicted octanol–water partition coefficient (Wildman–Crippen LogP) is 9.07. The third-order valence-electron chi connectivity index (χ3n) is 6.77. The van der Waals surface area contributed by atoms with Crippen LogP contribution >= 0.6 is 0 Å². The fourth-order valence-corrected chi connectivity index (χ4v) is 4.70. The van der Waals surface area contributed by atoms with Crippen molar-refractivity contribution in [2.45, 2.75) is 50.5 Å². The van der Waals surface area contributed by atoms with Gasteiger partial charge in [0.25, 0.3) is 0 Å². The topological polar surface area (TPSA) is 52.4 Å². The van der Waals surface area contributed by atoms with Crippen LogP contribution in [0.15, 0.2) is 70.6 Å².